The maximum Gasteiger partial charge on any atom is 0.256 e. The Kier molecular flexibility index (Phi) is 5.60. The molecule has 1 fully saturated rings. The zero-order valence-electron chi connectivity index (χ0n) is 16.4. The standard InChI is InChI=1S/C24H26N2OS/c1-17-18(2)28-24(25-23(27)20-13-7-4-8-14-20)21(17)22(26-15-9-10-16-26)19-11-5-3-6-12-19/h3-8,11-14,22H,9-10,15-16H2,1-2H3,(H,25,27). The number of aryl methyl sites for hydroxylation is 1. The maximum atomic E-state index is 12.8. The third kappa shape index (κ3) is 3.75. The van der Waals surface area contributed by atoms with Crippen LogP contribution in [0.25, 0.3) is 0 Å². The summed E-state index contributed by atoms with van der Waals surface area (Å²) >= 11 is 1.69. The number of carbonyl (C=O) groups is 1. The smallest absolute Gasteiger partial charge is 0.256 e. The first-order chi connectivity index (χ1) is 13.6. The average molecular weight is 391 g/mol. The number of nitrogens with zero attached hydrogens (tertiary/aromatic N) is 1. The van der Waals surface area contributed by atoms with Crippen LogP contribution >= 0.6 is 11.3 Å². The first-order valence-electron chi connectivity index (χ1n) is 9.90. The summed E-state index contributed by atoms with van der Waals surface area (Å²) in [5, 5.41) is 4.19. The molecule has 0 aliphatic carbocycles. The van der Waals surface area contributed by atoms with Gasteiger partial charge in [-0.1, -0.05) is 48.5 Å². The van der Waals surface area contributed by atoms with Crippen LogP contribution in [-0.2, 0) is 0 Å². The van der Waals surface area contributed by atoms with Crippen molar-refractivity contribution < 1.29 is 4.79 Å². The average Bonchev–Trinajstić information content (AvgIpc) is 3.34. The molecule has 0 spiro atoms. The van der Waals surface area contributed by atoms with Crippen molar-refractivity contribution >= 4 is 22.2 Å². The predicted molar refractivity (Wildman–Crippen MR) is 117 cm³/mol. The van der Waals surface area contributed by atoms with Crippen LogP contribution in [0.1, 0.15) is 50.8 Å². The van der Waals surface area contributed by atoms with Crippen LogP contribution in [0.3, 0.4) is 0 Å². The monoisotopic (exact) mass is 390 g/mol. The van der Waals surface area contributed by atoms with Crippen LogP contribution in [0.5, 0.6) is 0 Å². The Labute approximate surface area is 171 Å². The van der Waals surface area contributed by atoms with Crippen molar-refractivity contribution in [3.63, 3.8) is 0 Å². The van der Waals surface area contributed by atoms with Crippen molar-refractivity contribution in [1.82, 2.24) is 4.90 Å². The Hall–Kier alpha value is -2.43. The molecule has 1 aliphatic heterocycles. The molecule has 28 heavy (non-hydrogen) atoms. The van der Waals surface area contributed by atoms with Crippen LogP contribution in [0.15, 0.2) is 60.7 Å². The fourth-order valence-electron chi connectivity index (χ4n) is 4.03. The molecule has 1 saturated heterocycles. The molecule has 1 unspecified atom stereocenters. The fourth-order valence-corrected chi connectivity index (χ4v) is 5.11. The van der Waals surface area contributed by atoms with E-state index in [0.717, 1.165) is 18.1 Å². The molecule has 2 heterocycles. The van der Waals surface area contributed by atoms with Crippen molar-refractivity contribution in [3.8, 4) is 0 Å². The van der Waals surface area contributed by atoms with Gasteiger partial charge in [0.2, 0.25) is 0 Å². The van der Waals surface area contributed by atoms with E-state index in [0.29, 0.717) is 5.56 Å². The number of nitrogens with one attached hydrogen (secondary N) is 1. The van der Waals surface area contributed by atoms with Gasteiger partial charge in [0, 0.05) is 16.0 Å². The number of carbonyl (C=O) groups excluding carboxylic acids is 1. The zero-order valence-corrected chi connectivity index (χ0v) is 17.3. The molecule has 144 valence electrons. The Morgan fingerprint density at radius 1 is 0.964 bits per heavy atom. The lowest BCUT2D eigenvalue weighted by molar-refractivity contribution is 0.102. The summed E-state index contributed by atoms with van der Waals surface area (Å²) in [6.45, 7) is 6.53. The molecule has 4 heteroatoms. The minimum Gasteiger partial charge on any atom is -0.313 e. The number of anilines is 1. The lowest BCUT2D eigenvalue weighted by atomic mass is 9.95. The molecule has 2 aromatic carbocycles. The highest BCUT2D eigenvalue weighted by molar-refractivity contribution is 7.16. The van der Waals surface area contributed by atoms with Crippen molar-refractivity contribution in [2.75, 3.05) is 18.4 Å². The van der Waals surface area contributed by atoms with Gasteiger partial charge >= 0.3 is 0 Å². The second-order valence-corrected chi connectivity index (χ2v) is 8.63. The SMILES string of the molecule is Cc1sc(NC(=O)c2ccccc2)c(C(c2ccccc2)N2CCCC2)c1C. The van der Waals surface area contributed by atoms with E-state index in [4.69, 9.17) is 0 Å². The number of likely N-dealkylation sites (tertiary alicyclic amines) is 1. The summed E-state index contributed by atoms with van der Waals surface area (Å²) in [6, 6.07) is 20.3. The molecule has 0 radical (unpaired) electrons. The van der Waals surface area contributed by atoms with Crippen LogP contribution in [-0.4, -0.2) is 23.9 Å². The quantitative estimate of drug-likeness (QED) is 0.597. The molecule has 1 amide bonds. The Morgan fingerprint density at radius 2 is 1.57 bits per heavy atom. The summed E-state index contributed by atoms with van der Waals surface area (Å²) in [5.41, 5.74) is 4.52. The van der Waals surface area contributed by atoms with E-state index in [1.54, 1.807) is 11.3 Å². The first-order valence-corrected chi connectivity index (χ1v) is 10.7. The molecule has 1 N–H and O–H groups in total. The van der Waals surface area contributed by atoms with E-state index >= 15 is 0 Å². The number of amides is 1. The maximum absolute atomic E-state index is 12.8. The third-order valence-electron chi connectivity index (χ3n) is 5.59. The molecular formula is C24H26N2OS. The van der Waals surface area contributed by atoms with Crippen LogP contribution < -0.4 is 5.32 Å². The highest BCUT2D eigenvalue weighted by Gasteiger charge is 2.30. The summed E-state index contributed by atoms with van der Waals surface area (Å²) in [7, 11) is 0. The van der Waals surface area contributed by atoms with Crippen LogP contribution in [0.4, 0.5) is 5.00 Å². The minimum absolute atomic E-state index is 0.0451. The minimum atomic E-state index is -0.0451. The Balaban J connectivity index is 1.75. The van der Waals surface area contributed by atoms with Gasteiger partial charge in [0.1, 0.15) is 5.00 Å². The van der Waals surface area contributed by atoms with Gasteiger partial charge in [-0.15, -0.1) is 11.3 Å². The van der Waals surface area contributed by atoms with Crippen molar-refractivity contribution in [1.29, 1.82) is 0 Å². The molecule has 1 aliphatic rings. The Morgan fingerprint density at radius 3 is 2.21 bits per heavy atom. The largest absolute Gasteiger partial charge is 0.313 e. The van der Waals surface area contributed by atoms with E-state index in [2.05, 4.69) is 54.4 Å². The lowest BCUT2D eigenvalue weighted by Crippen LogP contribution is -2.27. The highest BCUT2D eigenvalue weighted by atomic mass is 32.1. The van der Waals surface area contributed by atoms with E-state index in [1.807, 2.05) is 30.3 Å². The van der Waals surface area contributed by atoms with Crippen molar-refractivity contribution in [3.05, 3.63) is 87.8 Å². The van der Waals surface area contributed by atoms with Gasteiger partial charge in [-0.25, -0.2) is 0 Å². The van der Waals surface area contributed by atoms with Gasteiger partial charge in [-0.05, 0) is 63.0 Å². The number of hydrogen-bond donors (Lipinski definition) is 1. The van der Waals surface area contributed by atoms with Gasteiger partial charge in [0.05, 0.1) is 6.04 Å². The molecule has 4 rings (SSSR count). The summed E-state index contributed by atoms with van der Waals surface area (Å²) < 4.78 is 0. The van der Waals surface area contributed by atoms with Crippen LogP contribution in [0.2, 0.25) is 0 Å². The second-order valence-electron chi connectivity index (χ2n) is 7.40. The molecule has 1 aromatic heterocycles. The normalized spacial score (nSPS) is 15.5. The molecule has 0 bridgehead atoms. The van der Waals surface area contributed by atoms with E-state index in [9.17, 15) is 4.79 Å². The topological polar surface area (TPSA) is 32.3 Å². The zero-order chi connectivity index (χ0) is 19.5. The van der Waals surface area contributed by atoms with Crippen LogP contribution in [0, 0.1) is 13.8 Å². The predicted octanol–water partition coefficient (Wildman–Crippen LogP) is 5.80. The van der Waals surface area contributed by atoms with Gasteiger partial charge in [-0.3, -0.25) is 9.69 Å². The second kappa shape index (κ2) is 8.29. The number of hydrogen-bond acceptors (Lipinski definition) is 3. The van der Waals surface area contributed by atoms with Gasteiger partial charge < -0.3 is 5.32 Å². The molecule has 1 atom stereocenters. The summed E-state index contributed by atoms with van der Waals surface area (Å²) in [4.78, 5) is 16.7. The fraction of sp³-hybridized carbons (Fsp3) is 0.292. The molecule has 3 aromatic rings. The van der Waals surface area contributed by atoms with Crippen molar-refractivity contribution in [2.24, 2.45) is 0 Å². The number of rotatable bonds is 5. The highest BCUT2D eigenvalue weighted by Crippen LogP contribution is 2.43. The Bertz CT molecular complexity index is 943. The summed E-state index contributed by atoms with van der Waals surface area (Å²) in [6.07, 6.45) is 2.47. The molecular weight excluding hydrogens is 364 g/mol. The number of thiophene rings is 1. The molecule has 0 saturated carbocycles. The van der Waals surface area contributed by atoms with E-state index in [1.165, 1.54) is 34.4 Å². The van der Waals surface area contributed by atoms with Gasteiger partial charge in [0.15, 0.2) is 0 Å². The molecule has 3 nitrogen and oxygen atoms in total. The third-order valence-corrected chi connectivity index (χ3v) is 6.73. The van der Waals surface area contributed by atoms with Gasteiger partial charge in [-0.2, -0.15) is 0 Å². The van der Waals surface area contributed by atoms with E-state index in [-0.39, 0.29) is 11.9 Å². The number of benzene rings is 2. The lowest BCUT2D eigenvalue weighted by Gasteiger charge is -2.29. The van der Waals surface area contributed by atoms with Crippen molar-refractivity contribution in [2.45, 2.75) is 32.7 Å². The van der Waals surface area contributed by atoms with E-state index < -0.39 is 0 Å². The first kappa shape index (κ1) is 18.9. The summed E-state index contributed by atoms with van der Waals surface area (Å²) in [5.74, 6) is -0.0451. The van der Waals surface area contributed by atoms with Gasteiger partial charge in [0.25, 0.3) is 5.91 Å².